The lowest BCUT2D eigenvalue weighted by Gasteiger charge is -2.31. The molecule has 0 amide bonds. The minimum Gasteiger partial charge on any atom is -1.00 e. The van der Waals surface area contributed by atoms with Gasteiger partial charge in [0.2, 0.25) is 0 Å². The number of nitrogens with one attached hydrogen (secondary N) is 2. The average Bonchev–Trinajstić information content (AvgIpc) is 3.09. The molecule has 1 atom stereocenters. The van der Waals surface area contributed by atoms with Crippen LogP contribution in [-0.4, -0.2) is 48.5 Å². The molecule has 0 spiro atoms. The first-order chi connectivity index (χ1) is 15.2. The van der Waals surface area contributed by atoms with Crippen LogP contribution in [0.15, 0.2) is 77.3 Å². The minimum absolute atomic E-state index is 0. The summed E-state index contributed by atoms with van der Waals surface area (Å²) in [5.41, 5.74) is 3.80. The molecule has 3 aromatic carbocycles. The second kappa shape index (κ2) is 11.7. The molecule has 0 bridgehead atoms. The maximum atomic E-state index is 11.0. The van der Waals surface area contributed by atoms with Crippen molar-refractivity contribution in [1.29, 1.82) is 0 Å². The minimum atomic E-state index is -0.353. The number of hydrogen-bond acceptors (Lipinski definition) is 1. The van der Waals surface area contributed by atoms with Crippen molar-refractivity contribution in [3.8, 4) is 0 Å². The molecular formula is C26H30BrCl2N3O. The molecule has 1 aliphatic heterocycles. The molecule has 1 saturated heterocycles. The van der Waals surface area contributed by atoms with Crippen LogP contribution in [0, 0.1) is 0 Å². The first-order valence-electron chi connectivity index (χ1n) is 11.2. The fourth-order valence-electron chi connectivity index (χ4n) is 5.05. The number of aromatic nitrogens is 1. The van der Waals surface area contributed by atoms with Gasteiger partial charge in [0.25, 0.3) is 0 Å². The fourth-order valence-corrected chi connectivity index (χ4v) is 5.41. The highest BCUT2D eigenvalue weighted by Crippen LogP contribution is 2.31. The van der Waals surface area contributed by atoms with E-state index in [1.165, 1.54) is 45.4 Å². The van der Waals surface area contributed by atoms with Gasteiger partial charge in [0.15, 0.2) is 0 Å². The standard InChI is InChI=1S/C26H28BrN3O.2ClH/c27-21-10-11-26-24(16-21)23-8-4-5-9-25(23)30(26)19-22(31)18-29-14-12-28(13-15-29)17-20-6-2-1-3-7-20;;/h1-11,16,22,31H,12-15,17-19H2;2*1H. The number of halogens is 3. The van der Waals surface area contributed by atoms with Gasteiger partial charge in [0.05, 0.1) is 6.54 Å². The van der Waals surface area contributed by atoms with Gasteiger partial charge in [-0.1, -0.05) is 64.5 Å². The van der Waals surface area contributed by atoms with E-state index >= 15 is 0 Å². The molecule has 0 aliphatic carbocycles. The van der Waals surface area contributed by atoms with E-state index in [4.69, 9.17) is 0 Å². The summed E-state index contributed by atoms with van der Waals surface area (Å²) >= 11 is 3.61. The van der Waals surface area contributed by atoms with E-state index < -0.39 is 0 Å². The lowest BCUT2D eigenvalue weighted by molar-refractivity contribution is -1.02. The Morgan fingerprint density at radius 3 is 2.18 bits per heavy atom. The van der Waals surface area contributed by atoms with Crippen LogP contribution in [0.2, 0.25) is 0 Å². The van der Waals surface area contributed by atoms with Gasteiger partial charge in [-0.3, -0.25) is 0 Å². The number of fused-ring (bicyclic) bond motifs is 3. The molecule has 1 unspecified atom stereocenters. The number of para-hydroxylation sites is 1. The number of aliphatic hydroxyl groups excluding tert-OH is 1. The summed E-state index contributed by atoms with van der Waals surface area (Å²) in [6.07, 6.45) is -0.353. The molecule has 0 saturated carbocycles. The topological polar surface area (TPSA) is 34.0 Å². The van der Waals surface area contributed by atoms with Crippen LogP contribution in [0.5, 0.6) is 0 Å². The smallest absolute Gasteiger partial charge is 0.127 e. The zero-order valence-electron chi connectivity index (χ0n) is 18.5. The molecule has 33 heavy (non-hydrogen) atoms. The summed E-state index contributed by atoms with van der Waals surface area (Å²) in [4.78, 5) is 3.17. The Morgan fingerprint density at radius 2 is 1.42 bits per heavy atom. The summed E-state index contributed by atoms with van der Waals surface area (Å²) < 4.78 is 3.38. The summed E-state index contributed by atoms with van der Waals surface area (Å²) in [7, 11) is 0. The summed E-state index contributed by atoms with van der Waals surface area (Å²) in [5, 5.41) is 13.5. The SMILES string of the molecule is OC(Cn1c2ccccc2c2cc(Br)ccc21)C[NH+]1CC[NH+](Cc2ccccc2)CC1.[Cl-].[Cl-]. The number of quaternary nitrogens is 2. The first-order valence-corrected chi connectivity index (χ1v) is 12.0. The lowest BCUT2D eigenvalue weighted by atomic mass is 10.2. The van der Waals surface area contributed by atoms with Gasteiger partial charge >= 0.3 is 0 Å². The molecule has 2 heterocycles. The van der Waals surface area contributed by atoms with E-state index in [1.807, 2.05) is 0 Å². The van der Waals surface area contributed by atoms with E-state index in [9.17, 15) is 5.11 Å². The fraction of sp³-hybridized carbons (Fsp3) is 0.308. The van der Waals surface area contributed by atoms with Crippen molar-refractivity contribution in [2.45, 2.75) is 19.2 Å². The summed E-state index contributed by atoms with van der Waals surface area (Å²) in [5.74, 6) is 0. The monoisotopic (exact) mass is 549 g/mol. The summed E-state index contributed by atoms with van der Waals surface area (Å²) in [6.45, 7) is 7.13. The predicted molar refractivity (Wildman–Crippen MR) is 130 cm³/mol. The van der Waals surface area contributed by atoms with E-state index in [-0.39, 0.29) is 30.9 Å². The molecular weight excluding hydrogens is 521 g/mol. The third kappa shape index (κ3) is 5.91. The Morgan fingerprint density at radius 1 is 0.788 bits per heavy atom. The molecule has 3 N–H and O–H groups in total. The van der Waals surface area contributed by atoms with Gasteiger partial charge in [-0.05, 0) is 24.3 Å². The molecule has 4 aromatic rings. The molecule has 4 nitrogen and oxygen atoms in total. The average molecular weight is 551 g/mol. The molecule has 1 fully saturated rings. The van der Waals surface area contributed by atoms with Gasteiger partial charge in [0.1, 0.15) is 45.4 Å². The third-order valence-corrected chi connectivity index (χ3v) is 7.11. The maximum absolute atomic E-state index is 11.0. The van der Waals surface area contributed by atoms with Crippen LogP contribution < -0.4 is 34.6 Å². The van der Waals surface area contributed by atoms with E-state index in [2.05, 4.69) is 93.3 Å². The van der Waals surface area contributed by atoms with Gasteiger partial charge in [-0.25, -0.2) is 0 Å². The van der Waals surface area contributed by atoms with Gasteiger partial charge < -0.3 is 44.3 Å². The van der Waals surface area contributed by atoms with Gasteiger partial charge in [-0.15, -0.1) is 0 Å². The second-order valence-corrected chi connectivity index (χ2v) is 9.73. The van der Waals surface area contributed by atoms with Crippen molar-refractivity contribution in [3.05, 3.63) is 82.8 Å². The van der Waals surface area contributed by atoms with E-state index in [0.717, 1.165) is 30.7 Å². The zero-order valence-corrected chi connectivity index (χ0v) is 21.6. The van der Waals surface area contributed by atoms with Crippen molar-refractivity contribution >= 4 is 37.7 Å². The first kappa shape index (κ1) is 26.0. The van der Waals surface area contributed by atoms with Crippen LogP contribution in [0.3, 0.4) is 0 Å². The summed E-state index contributed by atoms with van der Waals surface area (Å²) in [6, 6.07) is 25.7. The second-order valence-electron chi connectivity index (χ2n) is 8.81. The van der Waals surface area contributed by atoms with E-state index in [0.29, 0.717) is 6.54 Å². The molecule has 0 radical (unpaired) electrons. The largest absolute Gasteiger partial charge is 1.00 e. The highest BCUT2D eigenvalue weighted by atomic mass is 79.9. The van der Waals surface area contributed by atoms with Crippen LogP contribution >= 0.6 is 15.9 Å². The van der Waals surface area contributed by atoms with Crippen LogP contribution in [0.25, 0.3) is 21.8 Å². The molecule has 7 heteroatoms. The predicted octanol–water partition coefficient (Wildman–Crippen LogP) is -4.09. The maximum Gasteiger partial charge on any atom is 0.127 e. The Labute approximate surface area is 216 Å². The highest BCUT2D eigenvalue weighted by Gasteiger charge is 2.25. The number of aliphatic hydroxyl groups is 1. The van der Waals surface area contributed by atoms with Crippen LogP contribution in [-0.2, 0) is 13.1 Å². The van der Waals surface area contributed by atoms with Crippen LogP contribution in [0.1, 0.15) is 5.56 Å². The number of rotatable bonds is 6. The number of hydrogen-bond donors (Lipinski definition) is 3. The Hall–Kier alpha value is -1.60. The zero-order chi connectivity index (χ0) is 21.2. The molecule has 176 valence electrons. The van der Waals surface area contributed by atoms with Crippen molar-refractivity contribution < 1.29 is 39.7 Å². The Bertz CT molecular complexity index is 1180. The third-order valence-electron chi connectivity index (χ3n) is 6.61. The van der Waals surface area contributed by atoms with Gasteiger partial charge in [-0.2, -0.15) is 0 Å². The van der Waals surface area contributed by atoms with Crippen molar-refractivity contribution in [2.24, 2.45) is 0 Å². The lowest BCUT2D eigenvalue weighted by Crippen LogP contribution is -3.28. The molecule has 1 aliphatic rings. The van der Waals surface area contributed by atoms with Gasteiger partial charge in [0, 0.05) is 31.8 Å². The van der Waals surface area contributed by atoms with Crippen molar-refractivity contribution in [2.75, 3.05) is 32.7 Å². The molecule has 5 rings (SSSR count). The Kier molecular flexibility index (Phi) is 9.22. The normalized spacial score (nSPS) is 19.1. The van der Waals surface area contributed by atoms with Crippen molar-refractivity contribution in [3.63, 3.8) is 0 Å². The van der Waals surface area contributed by atoms with E-state index in [1.54, 1.807) is 4.90 Å². The quantitative estimate of drug-likeness (QED) is 0.224. The van der Waals surface area contributed by atoms with Crippen molar-refractivity contribution in [1.82, 2.24) is 4.57 Å². The highest BCUT2D eigenvalue weighted by molar-refractivity contribution is 9.10. The number of benzene rings is 3. The van der Waals surface area contributed by atoms with Crippen LogP contribution in [0.4, 0.5) is 0 Å². The number of piperazine rings is 1. The molecule has 1 aromatic heterocycles. The number of nitrogens with zero attached hydrogens (tertiary/aromatic N) is 1. The Balaban J connectivity index is 0.00000153.